The molecule has 0 saturated heterocycles. The van der Waals surface area contributed by atoms with Crippen LogP contribution >= 0.6 is 0 Å². The predicted octanol–water partition coefficient (Wildman–Crippen LogP) is 3.65. The van der Waals surface area contributed by atoms with E-state index in [1.165, 1.54) is 12.7 Å². The first-order chi connectivity index (χ1) is 13.1. The molecule has 0 aliphatic heterocycles. The maximum Gasteiger partial charge on any atom is 0.414 e. The molecule has 0 saturated carbocycles. The standard InChI is InChI=1S/C21H23N3O3/c1-14(2)16-11-9-15(10-12-16)13-18(25)22-19(17-7-5-4-6-8-17)20-23-24-21(26-3)27-20/h4-12,14,19H,13H2,1-3H3,(H,22,25)/t19-/m0/s1. The van der Waals surface area contributed by atoms with Gasteiger partial charge in [0, 0.05) is 0 Å². The topological polar surface area (TPSA) is 77.3 Å². The lowest BCUT2D eigenvalue weighted by molar-refractivity contribution is -0.121. The number of ether oxygens (including phenoxy) is 1. The van der Waals surface area contributed by atoms with Crippen molar-refractivity contribution in [3.8, 4) is 6.08 Å². The van der Waals surface area contributed by atoms with Gasteiger partial charge in [0.25, 0.3) is 0 Å². The van der Waals surface area contributed by atoms with E-state index in [0.29, 0.717) is 5.92 Å². The van der Waals surface area contributed by atoms with Crippen LogP contribution in [0.2, 0.25) is 0 Å². The van der Waals surface area contributed by atoms with E-state index in [4.69, 9.17) is 9.15 Å². The molecule has 1 aromatic heterocycles. The molecule has 0 aliphatic rings. The first-order valence-corrected chi connectivity index (χ1v) is 8.87. The van der Waals surface area contributed by atoms with Gasteiger partial charge in [0.1, 0.15) is 6.04 Å². The summed E-state index contributed by atoms with van der Waals surface area (Å²) in [7, 11) is 1.45. The third-order valence-electron chi connectivity index (χ3n) is 4.29. The maximum atomic E-state index is 12.6. The van der Waals surface area contributed by atoms with Crippen LogP contribution in [0.3, 0.4) is 0 Å². The molecule has 0 unspecified atom stereocenters. The van der Waals surface area contributed by atoms with E-state index in [1.807, 2.05) is 42.5 Å². The zero-order valence-corrected chi connectivity index (χ0v) is 15.7. The van der Waals surface area contributed by atoms with Crippen LogP contribution in [0.25, 0.3) is 0 Å². The van der Waals surface area contributed by atoms with Crippen LogP contribution in [0.15, 0.2) is 59.0 Å². The fourth-order valence-electron chi connectivity index (χ4n) is 2.77. The van der Waals surface area contributed by atoms with Gasteiger partial charge in [-0.2, -0.15) is 0 Å². The summed E-state index contributed by atoms with van der Waals surface area (Å²) in [4.78, 5) is 12.6. The maximum absolute atomic E-state index is 12.6. The van der Waals surface area contributed by atoms with Gasteiger partial charge in [0.2, 0.25) is 11.8 Å². The highest BCUT2D eigenvalue weighted by Crippen LogP contribution is 2.23. The first-order valence-electron chi connectivity index (χ1n) is 8.87. The van der Waals surface area contributed by atoms with Crippen LogP contribution in [0.5, 0.6) is 6.08 Å². The monoisotopic (exact) mass is 365 g/mol. The smallest absolute Gasteiger partial charge is 0.414 e. The van der Waals surface area contributed by atoms with Gasteiger partial charge in [-0.25, -0.2) is 0 Å². The highest BCUT2D eigenvalue weighted by Gasteiger charge is 2.23. The molecule has 2 aromatic carbocycles. The summed E-state index contributed by atoms with van der Waals surface area (Å²) >= 11 is 0. The molecule has 0 fully saturated rings. The van der Waals surface area contributed by atoms with Crippen molar-refractivity contribution >= 4 is 5.91 Å². The lowest BCUT2D eigenvalue weighted by Gasteiger charge is -2.16. The summed E-state index contributed by atoms with van der Waals surface area (Å²) in [5, 5.41) is 10.8. The van der Waals surface area contributed by atoms with Crippen molar-refractivity contribution in [2.24, 2.45) is 0 Å². The van der Waals surface area contributed by atoms with Gasteiger partial charge < -0.3 is 14.5 Å². The summed E-state index contributed by atoms with van der Waals surface area (Å²) in [6.07, 6.45) is 0.330. The molecule has 1 N–H and O–H groups in total. The first kappa shape index (κ1) is 18.6. The number of rotatable bonds is 7. The Bertz CT molecular complexity index is 873. The molecule has 1 amide bonds. The van der Waals surface area contributed by atoms with E-state index in [1.54, 1.807) is 0 Å². The number of hydrogen-bond donors (Lipinski definition) is 1. The van der Waals surface area contributed by atoms with E-state index in [9.17, 15) is 4.79 Å². The van der Waals surface area contributed by atoms with Crippen LogP contribution in [0.1, 0.15) is 48.4 Å². The number of aromatic nitrogens is 2. The Balaban J connectivity index is 1.76. The fraction of sp³-hybridized carbons (Fsp3) is 0.286. The van der Waals surface area contributed by atoms with Gasteiger partial charge in [-0.15, -0.1) is 5.10 Å². The van der Waals surface area contributed by atoms with Gasteiger partial charge in [0.05, 0.1) is 13.5 Å². The Morgan fingerprint density at radius 3 is 2.33 bits per heavy atom. The van der Waals surface area contributed by atoms with Gasteiger partial charge in [0.15, 0.2) is 0 Å². The quantitative estimate of drug-likeness (QED) is 0.691. The number of methoxy groups -OCH3 is 1. The summed E-state index contributed by atoms with van der Waals surface area (Å²) < 4.78 is 10.4. The molecule has 1 heterocycles. The van der Waals surface area contributed by atoms with E-state index < -0.39 is 6.04 Å². The molecule has 1 atom stereocenters. The minimum Gasteiger partial charge on any atom is -0.452 e. The minimum atomic E-state index is -0.537. The Labute approximate surface area is 158 Å². The van der Waals surface area contributed by atoms with Crippen molar-refractivity contribution < 1.29 is 13.9 Å². The van der Waals surface area contributed by atoms with Crippen LogP contribution in [0.4, 0.5) is 0 Å². The normalized spacial score (nSPS) is 12.0. The highest BCUT2D eigenvalue weighted by molar-refractivity contribution is 5.79. The van der Waals surface area contributed by atoms with Gasteiger partial charge in [-0.1, -0.05) is 73.5 Å². The molecule has 0 spiro atoms. The third-order valence-corrected chi connectivity index (χ3v) is 4.29. The average molecular weight is 365 g/mol. The number of nitrogens with zero attached hydrogens (tertiary/aromatic N) is 2. The summed E-state index contributed by atoms with van der Waals surface area (Å²) in [5.74, 6) is 0.614. The SMILES string of the molecule is COc1nnc([C@@H](NC(=O)Cc2ccc(C(C)C)cc2)c2ccccc2)o1. The molecule has 6 heteroatoms. The Morgan fingerprint density at radius 2 is 1.74 bits per heavy atom. The van der Waals surface area contributed by atoms with Gasteiger partial charge in [-0.05, 0) is 22.6 Å². The number of nitrogens with one attached hydrogen (secondary N) is 1. The molecular weight excluding hydrogens is 342 g/mol. The number of hydrogen-bond acceptors (Lipinski definition) is 5. The third kappa shape index (κ3) is 4.73. The Morgan fingerprint density at radius 1 is 1.04 bits per heavy atom. The summed E-state index contributed by atoms with van der Waals surface area (Å²) in [5.41, 5.74) is 3.05. The van der Waals surface area contributed by atoms with Crippen LogP contribution in [-0.4, -0.2) is 23.2 Å². The van der Waals surface area contributed by atoms with Crippen molar-refractivity contribution in [2.75, 3.05) is 7.11 Å². The molecule has 0 aliphatic carbocycles. The van der Waals surface area contributed by atoms with Gasteiger partial charge >= 0.3 is 6.08 Å². The van der Waals surface area contributed by atoms with E-state index in [0.717, 1.165) is 11.1 Å². The molecule has 140 valence electrons. The predicted molar refractivity (Wildman–Crippen MR) is 102 cm³/mol. The molecule has 3 rings (SSSR count). The van der Waals surface area contributed by atoms with Gasteiger partial charge in [-0.3, -0.25) is 4.79 Å². The Kier molecular flexibility index (Phi) is 5.86. The van der Waals surface area contributed by atoms with Crippen molar-refractivity contribution in [1.82, 2.24) is 15.5 Å². The molecular formula is C21H23N3O3. The molecule has 0 bridgehead atoms. The number of benzene rings is 2. The fourth-order valence-corrected chi connectivity index (χ4v) is 2.77. The summed E-state index contributed by atoms with van der Waals surface area (Å²) in [6.45, 7) is 4.29. The lowest BCUT2D eigenvalue weighted by atomic mass is 10.0. The Hall–Kier alpha value is -3.15. The number of carbonyl (C=O) groups is 1. The number of carbonyl (C=O) groups excluding carboxylic acids is 1. The molecule has 6 nitrogen and oxygen atoms in total. The van der Waals surface area contributed by atoms with Crippen molar-refractivity contribution in [3.63, 3.8) is 0 Å². The lowest BCUT2D eigenvalue weighted by Crippen LogP contribution is -2.30. The van der Waals surface area contributed by atoms with E-state index in [2.05, 4.69) is 41.5 Å². The zero-order chi connectivity index (χ0) is 19.2. The second-order valence-corrected chi connectivity index (χ2v) is 6.59. The molecule has 0 radical (unpaired) electrons. The van der Waals surface area contributed by atoms with E-state index >= 15 is 0 Å². The van der Waals surface area contributed by atoms with Crippen LogP contribution in [-0.2, 0) is 11.2 Å². The highest BCUT2D eigenvalue weighted by atomic mass is 16.6. The average Bonchev–Trinajstić information content (AvgIpc) is 3.16. The van der Waals surface area contributed by atoms with Crippen LogP contribution < -0.4 is 10.1 Å². The van der Waals surface area contributed by atoms with Crippen LogP contribution in [0, 0.1) is 0 Å². The largest absolute Gasteiger partial charge is 0.452 e. The molecule has 27 heavy (non-hydrogen) atoms. The second-order valence-electron chi connectivity index (χ2n) is 6.59. The van der Waals surface area contributed by atoms with Crippen molar-refractivity contribution in [3.05, 3.63) is 77.2 Å². The minimum absolute atomic E-state index is 0.0597. The van der Waals surface area contributed by atoms with Crippen molar-refractivity contribution in [2.45, 2.75) is 32.2 Å². The van der Waals surface area contributed by atoms with E-state index in [-0.39, 0.29) is 24.3 Å². The zero-order valence-electron chi connectivity index (χ0n) is 15.7. The molecule has 3 aromatic rings. The van der Waals surface area contributed by atoms with Crippen molar-refractivity contribution in [1.29, 1.82) is 0 Å². The summed E-state index contributed by atoms with van der Waals surface area (Å²) in [6, 6.07) is 17.1. The number of amides is 1. The second kappa shape index (κ2) is 8.49.